The average Bonchev–Trinajstić information content (AvgIpc) is 2.95. The third kappa shape index (κ3) is 3.93. The van der Waals surface area contributed by atoms with Crippen LogP contribution in [0.4, 0.5) is 0 Å². The van der Waals surface area contributed by atoms with E-state index in [2.05, 4.69) is 27.2 Å². The highest BCUT2D eigenvalue weighted by atomic mass is 16.5. The van der Waals surface area contributed by atoms with Gasteiger partial charge in [-0.3, -0.25) is 4.90 Å². The first-order valence-corrected chi connectivity index (χ1v) is 7.96. The number of hydrogen-bond acceptors (Lipinski definition) is 5. The van der Waals surface area contributed by atoms with E-state index in [1.165, 1.54) is 5.56 Å². The standard InChI is InChI=1S/C17H23N3O2/c1-13(21)15-8-5-9-20(11-15)12-17-18-16(19-22-17)10-14-6-3-2-4-7-14/h2-4,6-7,13,15,21H,5,8-12H2,1H3. The summed E-state index contributed by atoms with van der Waals surface area (Å²) in [6, 6.07) is 10.2. The van der Waals surface area contributed by atoms with Crippen LogP contribution in [0.15, 0.2) is 34.9 Å². The van der Waals surface area contributed by atoms with Crippen LogP contribution in [0.2, 0.25) is 0 Å². The summed E-state index contributed by atoms with van der Waals surface area (Å²) in [5, 5.41) is 13.8. The fourth-order valence-corrected chi connectivity index (χ4v) is 3.02. The first kappa shape index (κ1) is 15.2. The second kappa shape index (κ2) is 7.03. The van der Waals surface area contributed by atoms with E-state index in [0.29, 0.717) is 24.8 Å². The largest absolute Gasteiger partial charge is 0.393 e. The van der Waals surface area contributed by atoms with Crippen molar-refractivity contribution in [2.45, 2.75) is 38.8 Å². The molecule has 1 aliphatic heterocycles. The zero-order chi connectivity index (χ0) is 15.4. The van der Waals surface area contributed by atoms with Crippen molar-refractivity contribution in [3.8, 4) is 0 Å². The van der Waals surface area contributed by atoms with Gasteiger partial charge < -0.3 is 9.63 Å². The van der Waals surface area contributed by atoms with Crippen LogP contribution in [0.1, 0.15) is 37.0 Å². The van der Waals surface area contributed by atoms with Crippen molar-refractivity contribution < 1.29 is 9.63 Å². The Morgan fingerprint density at radius 2 is 2.18 bits per heavy atom. The summed E-state index contributed by atoms with van der Waals surface area (Å²) in [5.41, 5.74) is 1.18. The van der Waals surface area contributed by atoms with Gasteiger partial charge in [-0.25, -0.2) is 0 Å². The molecule has 0 aliphatic carbocycles. The zero-order valence-corrected chi connectivity index (χ0v) is 13.0. The molecule has 2 heterocycles. The molecule has 5 heteroatoms. The second-order valence-electron chi connectivity index (χ2n) is 6.14. The molecule has 5 nitrogen and oxygen atoms in total. The first-order valence-electron chi connectivity index (χ1n) is 7.96. The molecule has 1 fully saturated rings. The monoisotopic (exact) mass is 301 g/mol. The smallest absolute Gasteiger partial charge is 0.240 e. The van der Waals surface area contributed by atoms with Crippen LogP contribution < -0.4 is 0 Å². The van der Waals surface area contributed by atoms with Gasteiger partial charge in [0, 0.05) is 13.0 Å². The number of hydrogen-bond donors (Lipinski definition) is 1. The number of piperidine rings is 1. The fraction of sp³-hybridized carbons (Fsp3) is 0.529. The lowest BCUT2D eigenvalue weighted by molar-refractivity contribution is 0.0556. The molecular weight excluding hydrogens is 278 g/mol. The SMILES string of the molecule is CC(O)C1CCCN(Cc2nc(Cc3ccccc3)no2)C1. The number of aromatic nitrogens is 2. The Bertz CT molecular complexity index is 583. The number of likely N-dealkylation sites (tertiary alicyclic amines) is 1. The Kier molecular flexibility index (Phi) is 4.85. The Morgan fingerprint density at radius 3 is 2.95 bits per heavy atom. The van der Waals surface area contributed by atoms with E-state index >= 15 is 0 Å². The summed E-state index contributed by atoms with van der Waals surface area (Å²) in [6.07, 6.45) is 2.65. The zero-order valence-electron chi connectivity index (χ0n) is 13.0. The number of aliphatic hydroxyl groups is 1. The van der Waals surface area contributed by atoms with Gasteiger partial charge in [-0.15, -0.1) is 0 Å². The predicted molar refractivity (Wildman–Crippen MR) is 83.2 cm³/mol. The highest BCUT2D eigenvalue weighted by Gasteiger charge is 2.24. The van der Waals surface area contributed by atoms with Gasteiger partial charge in [0.25, 0.3) is 0 Å². The number of nitrogens with zero attached hydrogens (tertiary/aromatic N) is 3. The number of benzene rings is 1. The van der Waals surface area contributed by atoms with Crippen LogP contribution in [0.5, 0.6) is 0 Å². The van der Waals surface area contributed by atoms with E-state index in [1.54, 1.807) is 0 Å². The lowest BCUT2D eigenvalue weighted by Crippen LogP contribution is -2.39. The highest BCUT2D eigenvalue weighted by molar-refractivity contribution is 5.18. The lowest BCUT2D eigenvalue weighted by atomic mass is 9.93. The fourth-order valence-electron chi connectivity index (χ4n) is 3.02. The van der Waals surface area contributed by atoms with Gasteiger partial charge in [0.15, 0.2) is 5.82 Å². The van der Waals surface area contributed by atoms with Gasteiger partial charge in [-0.1, -0.05) is 35.5 Å². The molecule has 2 unspecified atom stereocenters. The third-order valence-corrected chi connectivity index (χ3v) is 4.30. The van der Waals surface area contributed by atoms with Crippen LogP contribution in [-0.4, -0.2) is 39.3 Å². The predicted octanol–water partition coefficient (Wildman–Crippen LogP) is 2.25. The maximum atomic E-state index is 9.75. The Labute approximate surface area is 131 Å². The van der Waals surface area contributed by atoms with Crippen molar-refractivity contribution in [1.82, 2.24) is 15.0 Å². The molecule has 0 amide bonds. The van der Waals surface area contributed by atoms with Crippen LogP contribution >= 0.6 is 0 Å². The molecule has 0 saturated carbocycles. The van der Waals surface area contributed by atoms with E-state index in [9.17, 15) is 5.11 Å². The van der Waals surface area contributed by atoms with Gasteiger partial charge >= 0.3 is 0 Å². The van der Waals surface area contributed by atoms with Crippen molar-refractivity contribution in [3.05, 3.63) is 47.6 Å². The average molecular weight is 301 g/mol. The van der Waals surface area contributed by atoms with E-state index in [-0.39, 0.29) is 6.10 Å². The number of rotatable bonds is 5. The van der Waals surface area contributed by atoms with Gasteiger partial charge in [0.1, 0.15) is 0 Å². The van der Waals surface area contributed by atoms with E-state index in [1.807, 2.05) is 25.1 Å². The summed E-state index contributed by atoms with van der Waals surface area (Å²) in [4.78, 5) is 6.78. The van der Waals surface area contributed by atoms with E-state index in [4.69, 9.17) is 4.52 Å². The maximum Gasteiger partial charge on any atom is 0.240 e. The molecule has 22 heavy (non-hydrogen) atoms. The van der Waals surface area contributed by atoms with Gasteiger partial charge in [-0.05, 0) is 37.8 Å². The van der Waals surface area contributed by atoms with Crippen molar-refractivity contribution in [1.29, 1.82) is 0 Å². The molecule has 2 atom stereocenters. The summed E-state index contributed by atoms with van der Waals surface area (Å²) < 4.78 is 5.37. The minimum atomic E-state index is -0.251. The molecule has 0 spiro atoms. The Morgan fingerprint density at radius 1 is 1.36 bits per heavy atom. The minimum Gasteiger partial charge on any atom is -0.393 e. The molecule has 0 bridgehead atoms. The Balaban J connectivity index is 1.57. The van der Waals surface area contributed by atoms with Crippen molar-refractivity contribution in [2.24, 2.45) is 5.92 Å². The first-order chi connectivity index (χ1) is 10.7. The summed E-state index contributed by atoms with van der Waals surface area (Å²) in [6.45, 7) is 4.47. The van der Waals surface area contributed by atoms with Crippen molar-refractivity contribution in [3.63, 3.8) is 0 Å². The van der Waals surface area contributed by atoms with E-state index in [0.717, 1.165) is 31.8 Å². The van der Waals surface area contributed by atoms with Gasteiger partial charge in [0.05, 0.1) is 12.6 Å². The number of aliphatic hydroxyl groups excluding tert-OH is 1. The molecular formula is C17H23N3O2. The molecule has 118 valence electrons. The van der Waals surface area contributed by atoms with Crippen LogP contribution in [0.3, 0.4) is 0 Å². The Hall–Kier alpha value is -1.72. The van der Waals surface area contributed by atoms with Gasteiger partial charge in [0.2, 0.25) is 5.89 Å². The lowest BCUT2D eigenvalue weighted by Gasteiger charge is -2.33. The molecule has 1 aliphatic rings. The van der Waals surface area contributed by atoms with Crippen LogP contribution in [0.25, 0.3) is 0 Å². The van der Waals surface area contributed by atoms with Crippen LogP contribution in [-0.2, 0) is 13.0 Å². The molecule has 2 aromatic rings. The quantitative estimate of drug-likeness (QED) is 0.918. The third-order valence-electron chi connectivity index (χ3n) is 4.30. The normalized spacial score (nSPS) is 20.9. The summed E-state index contributed by atoms with van der Waals surface area (Å²) in [5.74, 6) is 1.74. The van der Waals surface area contributed by atoms with Gasteiger partial charge in [-0.2, -0.15) is 4.98 Å². The highest BCUT2D eigenvalue weighted by Crippen LogP contribution is 2.21. The van der Waals surface area contributed by atoms with Crippen molar-refractivity contribution in [2.75, 3.05) is 13.1 Å². The molecule has 1 saturated heterocycles. The molecule has 1 aromatic heterocycles. The molecule has 1 N–H and O–H groups in total. The molecule has 0 radical (unpaired) electrons. The maximum absolute atomic E-state index is 9.75. The summed E-state index contributed by atoms with van der Waals surface area (Å²) >= 11 is 0. The second-order valence-corrected chi connectivity index (χ2v) is 6.14. The van der Waals surface area contributed by atoms with Crippen LogP contribution in [0, 0.1) is 5.92 Å². The van der Waals surface area contributed by atoms with E-state index < -0.39 is 0 Å². The topological polar surface area (TPSA) is 62.4 Å². The minimum absolute atomic E-state index is 0.251. The summed E-state index contributed by atoms with van der Waals surface area (Å²) in [7, 11) is 0. The molecule has 3 rings (SSSR count). The van der Waals surface area contributed by atoms with Crippen molar-refractivity contribution >= 4 is 0 Å². The molecule has 1 aromatic carbocycles.